The number of hydrogen-bond donors (Lipinski definition) is 2. The zero-order valence-electron chi connectivity index (χ0n) is 9.65. The number of ether oxygens (including phenoxy) is 1. The lowest BCUT2D eigenvalue weighted by Crippen LogP contribution is -2.50. The van der Waals surface area contributed by atoms with Gasteiger partial charge in [0.25, 0.3) is 0 Å². The Balaban J connectivity index is 1.68. The van der Waals surface area contributed by atoms with Crippen LogP contribution in [-0.4, -0.2) is 55.7 Å². The van der Waals surface area contributed by atoms with Crippen LogP contribution in [0.3, 0.4) is 0 Å². The Morgan fingerprint density at radius 3 is 3.00 bits per heavy atom. The summed E-state index contributed by atoms with van der Waals surface area (Å²) >= 11 is 0. The highest BCUT2D eigenvalue weighted by atomic mass is 16.5. The molecule has 16 heavy (non-hydrogen) atoms. The van der Waals surface area contributed by atoms with Crippen molar-refractivity contribution < 1.29 is 9.53 Å². The number of nitrogens with two attached hydrogens (primary N) is 1. The number of carbonyl (C=O) groups excluding carboxylic acids is 1. The molecule has 5 nitrogen and oxygen atoms in total. The summed E-state index contributed by atoms with van der Waals surface area (Å²) in [6, 6.07) is 0.741. The number of carbonyl (C=O) groups is 1. The predicted molar refractivity (Wildman–Crippen MR) is 61.0 cm³/mol. The first-order valence-corrected chi connectivity index (χ1v) is 6.11. The second kappa shape index (κ2) is 5.61. The molecule has 0 spiro atoms. The van der Waals surface area contributed by atoms with Gasteiger partial charge in [-0.05, 0) is 12.8 Å². The fourth-order valence-corrected chi connectivity index (χ4v) is 1.97. The Hall–Kier alpha value is -0.650. The highest BCUT2D eigenvalue weighted by Crippen LogP contribution is 2.18. The third-order valence-corrected chi connectivity index (χ3v) is 3.19. The molecule has 3 N–H and O–H groups in total. The van der Waals surface area contributed by atoms with E-state index in [1.165, 1.54) is 0 Å². The molecule has 2 rings (SSSR count). The summed E-state index contributed by atoms with van der Waals surface area (Å²) in [5.74, 6) is 0.171. The van der Waals surface area contributed by atoms with Crippen molar-refractivity contribution in [3.05, 3.63) is 0 Å². The number of amides is 1. The van der Waals surface area contributed by atoms with E-state index < -0.39 is 0 Å². The Bertz CT molecular complexity index is 243. The number of hydrogen-bond acceptors (Lipinski definition) is 4. The molecular formula is C11H21N3O2. The summed E-state index contributed by atoms with van der Waals surface area (Å²) in [7, 11) is 0. The molecule has 1 saturated carbocycles. The molecule has 1 atom stereocenters. The van der Waals surface area contributed by atoms with Gasteiger partial charge >= 0.3 is 0 Å². The van der Waals surface area contributed by atoms with Crippen LogP contribution in [0.15, 0.2) is 0 Å². The molecular weight excluding hydrogens is 206 g/mol. The molecule has 0 aromatic rings. The molecule has 0 aromatic heterocycles. The molecule has 1 aliphatic heterocycles. The van der Waals surface area contributed by atoms with Crippen LogP contribution < -0.4 is 11.1 Å². The van der Waals surface area contributed by atoms with Crippen LogP contribution in [-0.2, 0) is 9.53 Å². The number of rotatable bonds is 5. The van der Waals surface area contributed by atoms with E-state index >= 15 is 0 Å². The van der Waals surface area contributed by atoms with Crippen LogP contribution in [0.25, 0.3) is 0 Å². The Morgan fingerprint density at radius 1 is 1.50 bits per heavy atom. The highest BCUT2D eigenvalue weighted by molar-refractivity contribution is 5.76. The summed E-state index contributed by atoms with van der Waals surface area (Å²) in [5, 5.41) is 3.00. The van der Waals surface area contributed by atoms with Gasteiger partial charge in [-0.25, -0.2) is 0 Å². The van der Waals surface area contributed by atoms with Crippen molar-refractivity contribution in [2.24, 2.45) is 5.73 Å². The van der Waals surface area contributed by atoms with Crippen LogP contribution >= 0.6 is 0 Å². The van der Waals surface area contributed by atoms with Gasteiger partial charge in [-0.2, -0.15) is 0 Å². The average molecular weight is 227 g/mol. The van der Waals surface area contributed by atoms with Crippen molar-refractivity contribution in [2.45, 2.75) is 31.3 Å². The minimum Gasteiger partial charge on any atom is -0.378 e. The third kappa shape index (κ3) is 3.43. The minimum atomic E-state index is 0.171. The average Bonchev–Trinajstić information content (AvgIpc) is 3.10. The first kappa shape index (κ1) is 11.8. The van der Waals surface area contributed by atoms with Crippen molar-refractivity contribution in [2.75, 3.05) is 32.8 Å². The van der Waals surface area contributed by atoms with Crippen molar-refractivity contribution >= 4 is 5.91 Å². The van der Waals surface area contributed by atoms with Crippen LogP contribution in [0, 0.1) is 0 Å². The van der Waals surface area contributed by atoms with Gasteiger partial charge in [0.1, 0.15) is 0 Å². The third-order valence-electron chi connectivity index (χ3n) is 3.19. The minimum absolute atomic E-state index is 0.171. The van der Waals surface area contributed by atoms with E-state index in [4.69, 9.17) is 10.5 Å². The maximum Gasteiger partial charge on any atom is 0.221 e. The lowest BCUT2D eigenvalue weighted by molar-refractivity contribution is -0.122. The fourth-order valence-electron chi connectivity index (χ4n) is 1.97. The van der Waals surface area contributed by atoms with Crippen LogP contribution in [0.2, 0.25) is 0 Å². The zero-order chi connectivity index (χ0) is 11.4. The number of nitrogens with zero attached hydrogens (tertiary/aromatic N) is 1. The van der Waals surface area contributed by atoms with Crippen LogP contribution in [0.1, 0.15) is 19.3 Å². The van der Waals surface area contributed by atoms with Gasteiger partial charge in [-0.3, -0.25) is 9.69 Å². The van der Waals surface area contributed by atoms with E-state index in [2.05, 4.69) is 10.2 Å². The first-order valence-electron chi connectivity index (χ1n) is 6.11. The van der Waals surface area contributed by atoms with Gasteiger partial charge in [-0.15, -0.1) is 0 Å². The normalized spacial score (nSPS) is 26.7. The van der Waals surface area contributed by atoms with Gasteiger partial charge in [0, 0.05) is 38.1 Å². The molecule has 1 saturated heterocycles. The standard InChI is InChI=1S/C11H21N3O2/c12-7-10-8-16-6-5-14(10)4-3-11(15)13-9-1-2-9/h9-10H,1-8,12H2,(H,13,15). The monoisotopic (exact) mass is 227 g/mol. The van der Waals surface area contributed by atoms with E-state index in [0.29, 0.717) is 25.6 Å². The summed E-state index contributed by atoms with van der Waals surface area (Å²) in [5.41, 5.74) is 5.67. The van der Waals surface area contributed by atoms with Gasteiger partial charge in [0.05, 0.1) is 13.2 Å². The van der Waals surface area contributed by atoms with Gasteiger partial charge in [0.2, 0.25) is 5.91 Å². The van der Waals surface area contributed by atoms with E-state index in [9.17, 15) is 4.79 Å². The molecule has 92 valence electrons. The lowest BCUT2D eigenvalue weighted by atomic mass is 10.2. The zero-order valence-corrected chi connectivity index (χ0v) is 9.65. The topological polar surface area (TPSA) is 67.6 Å². The van der Waals surface area contributed by atoms with E-state index in [-0.39, 0.29) is 11.9 Å². The molecule has 2 fully saturated rings. The Kier molecular flexibility index (Phi) is 4.15. The predicted octanol–water partition coefficient (Wildman–Crippen LogP) is -0.685. The molecule has 2 aliphatic rings. The fraction of sp³-hybridized carbons (Fsp3) is 0.909. The molecule has 1 heterocycles. The van der Waals surface area contributed by atoms with E-state index in [1.54, 1.807) is 0 Å². The van der Waals surface area contributed by atoms with E-state index in [0.717, 1.165) is 32.5 Å². The molecule has 1 aliphatic carbocycles. The van der Waals surface area contributed by atoms with Gasteiger partial charge in [0.15, 0.2) is 0 Å². The van der Waals surface area contributed by atoms with Crippen molar-refractivity contribution in [3.63, 3.8) is 0 Å². The summed E-state index contributed by atoms with van der Waals surface area (Å²) in [6.07, 6.45) is 2.87. The quantitative estimate of drug-likeness (QED) is 0.652. The van der Waals surface area contributed by atoms with E-state index in [1.807, 2.05) is 0 Å². The van der Waals surface area contributed by atoms with Gasteiger partial charge < -0.3 is 15.8 Å². The second-order valence-corrected chi connectivity index (χ2v) is 4.59. The van der Waals surface area contributed by atoms with Crippen molar-refractivity contribution in [1.82, 2.24) is 10.2 Å². The Labute approximate surface area is 96.3 Å². The second-order valence-electron chi connectivity index (χ2n) is 4.59. The Morgan fingerprint density at radius 2 is 2.31 bits per heavy atom. The molecule has 1 amide bonds. The largest absolute Gasteiger partial charge is 0.378 e. The summed E-state index contributed by atoms with van der Waals surface area (Å²) in [6.45, 7) is 3.73. The molecule has 1 unspecified atom stereocenters. The first-order chi connectivity index (χ1) is 7.79. The SMILES string of the molecule is NCC1COCCN1CCC(=O)NC1CC1. The van der Waals surface area contributed by atoms with Gasteiger partial charge in [-0.1, -0.05) is 0 Å². The lowest BCUT2D eigenvalue weighted by Gasteiger charge is -2.34. The smallest absolute Gasteiger partial charge is 0.221 e. The number of nitrogens with one attached hydrogen (secondary N) is 1. The van der Waals surface area contributed by atoms with Crippen molar-refractivity contribution in [1.29, 1.82) is 0 Å². The summed E-state index contributed by atoms with van der Waals surface area (Å²) < 4.78 is 5.36. The number of morpholine rings is 1. The van der Waals surface area contributed by atoms with Crippen LogP contribution in [0.4, 0.5) is 0 Å². The van der Waals surface area contributed by atoms with Crippen molar-refractivity contribution in [3.8, 4) is 0 Å². The maximum absolute atomic E-state index is 11.5. The highest BCUT2D eigenvalue weighted by Gasteiger charge is 2.25. The molecule has 0 radical (unpaired) electrons. The molecule has 5 heteroatoms. The summed E-state index contributed by atoms with van der Waals surface area (Å²) in [4.78, 5) is 13.8. The van der Waals surface area contributed by atoms with Crippen LogP contribution in [0.5, 0.6) is 0 Å². The maximum atomic E-state index is 11.5. The molecule has 0 aromatic carbocycles. The molecule has 0 bridgehead atoms.